The van der Waals surface area contributed by atoms with Gasteiger partial charge in [0.05, 0.1) is 6.61 Å². The van der Waals surface area contributed by atoms with Crippen molar-refractivity contribution in [1.82, 2.24) is 4.90 Å². The Morgan fingerprint density at radius 3 is 2.00 bits per heavy atom. The largest absolute Gasteiger partial charge is 0.394 e. The summed E-state index contributed by atoms with van der Waals surface area (Å²) in [7, 11) is 0. The average molecular weight is 239 g/mol. The van der Waals surface area contributed by atoms with Crippen LogP contribution >= 0.6 is 0 Å². The van der Waals surface area contributed by atoms with Crippen molar-refractivity contribution in [2.75, 3.05) is 6.61 Å². The molecule has 4 rings (SSSR count). The van der Waals surface area contributed by atoms with Crippen molar-refractivity contribution >= 4 is 10.8 Å². The Morgan fingerprint density at radius 2 is 1.56 bits per heavy atom. The first-order chi connectivity index (χ1) is 8.81. The number of rotatable bonds is 2. The lowest BCUT2D eigenvalue weighted by molar-refractivity contribution is 0.103. The lowest BCUT2D eigenvalue weighted by Crippen LogP contribution is -2.35. The Bertz CT molecular complexity index is 571. The van der Waals surface area contributed by atoms with E-state index in [9.17, 15) is 5.11 Å². The number of fused-ring (bicyclic) bond motifs is 2. The Kier molecular flexibility index (Phi) is 2.08. The molecular weight excluding hydrogens is 222 g/mol. The molecule has 1 N–H and O–H groups in total. The molecule has 2 aliphatic rings. The highest BCUT2D eigenvalue weighted by atomic mass is 16.3. The Balaban J connectivity index is 1.75. The lowest BCUT2D eigenvalue weighted by atomic mass is 10.0. The van der Waals surface area contributed by atoms with Crippen molar-refractivity contribution in [3.8, 4) is 0 Å². The average Bonchev–Trinajstić information content (AvgIpc) is 3.10. The van der Waals surface area contributed by atoms with Crippen LogP contribution in [0.15, 0.2) is 36.4 Å². The predicted molar refractivity (Wildman–Crippen MR) is 72.2 cm³/mol. The molecule has 18 heavy (non-hydrogen) atoms. The highest BCUT2D eigenvalue weighted by molar-refractivity contribution is 5.84. The topological polar surface area (TPSA) is 23.5 Å². The van der Waals surface area contributed by atoms with Crippen LogP contribution in [-0.4, -0.2) is 22.2 Å². The summed E-state index contributed by atoms with van der Waals surface area (Å²) in [6.07, 6.45) is 2.30. The van der Waals surface area contributed by atoms with Crippen LogP contribution in [0.4, 0.5) is 0 Å². The van der Waals surface area contributed by atoms with Crippen molar-refractivity contribution in [3.63, 3.8) is 0 Å². The molecule has 2 nitrogen and oxygen atoms in total. The quantitative estimate of drug-likeness (QED) is 0.871. The minimum Gasteiger partial charge on any atom is -0.394 e. The smallest absolute Gasteiger partial charge is 0.0615 e. The Morgan fingerprint density at radius 1 is 1.00 bits per heavy atom. The van der Waals surface area contributed by atoms with Crippen LogP contribution < -0.4 is 0 Å². The van der Waals surface area contributed by atoms with E-state index < -0.39 is 0 Å². The van der Waals surface area contributed by atoms with Crippen LogP contribution in [0.1, 0.15) is 24.0 Å². The van der Waals surface area contributed by atoms with Gasteiger partial charge in [0.2, 0.25) is 0 Å². The second-order valence-corrected chi connectivity index (χ2v) is 5.71. The van der Waals surface area contributed by atoms with Crippen molar-refractivity contribution < 1.29 is 5.11 Å². The third-order valence-corrected chi connectivity index (χ3v) is 4.58. The summed E-state index contributed by atoms with van der Waals surface area (Å²) in [4.78, 5) is 2.45. The molecule has 0 atom stereocenters. The van der Waals surface area contributed by atoms with Crippen LogP contribution in [0, 0.1) is 0 Å². The standard InChI is InChI=1S/C16H17NO/c18-11-16(5-6-16)17-9-14-7-12-3-1-2-4-13(12)8-15(14)10-17/h1-4,7-8,18H,5-6,9-11H2. The fraction of sp³-hybridized carbons (Fsp3) is 0.375. The Hall–Kier alpha value is -1.38. The van der Waals surface area contributed by atoms with Gasteiger partial charge in [0.1, 0.15) is 0 Å². The normalized spacial score (nSPS) is 21.2. The number of nitrogens with zero attached hydrogens (tertiary/aromatic N) is 1. The summed E-state index contributed by atoms with van der Waals surface area (Å²) >= 11 is 0. The molecule has 92 valence electrons. The summed E-state index contributed by atoms with van der Waals surface area (Å²) in [5.41, 5.74) is 2.98. The second-order valence-electron chi connectivity index (χ2n) is 5.71. The summed E-state index contributed by atoms with van der Waals surface area (Å²) in [6, 6.07) is 13.2. The Labute approximate surface area is 107 Å². The van der Waals surface area contributed by atoms with Gasteiger partial charge in [0.25, 0.3) is 0 Å². The summed E-state index contributed by atoms with van der Waals surface area (Å²) in [5.74, 6) is 0. The maximum Gasteiger partial charge on any atom is 0.0615 e. The lowest BCUT2D eigenvalue weighted by Gasteiger charge is -2.25. The summed E-state index contributed by atoms with van der Waals surface area (Å²) in [5, 5.41) is 12.2. The van der Waals surface area contributed by atoms with Crippen molar-refractivity contribution in [2.24, 2.45) is 0 Å². The SMILES string of the molecule is OCC1(N2Cc3cc4ccccc4cc3C2)CC1. The molecule has 1 aliphatic heterocycles. The van der Waals surface area contributed by atoms with E-state index in [0.717, 1.165) is 25.9 Å². The fourth-order valence-corrected chi connectivity index (χ4v) is 3.15. The van der Waals surface area contributed by atoms with Gasteiger partial charge >= 0.3 is 0 Å². The van der Waals surface area contributed by atoms with Crippen molar-refractivity contribution in [2.45, 2.75) is 31.5 Å². The molecule has 1 aliphatic carbocycles. The molecule has 0 amide bonds. The highest BCUT2D eigenvalue weighted by Crippen LogP contribution is 2.45. The number of aliphatic hydroxyl groups excluding tert-OH is 1. The van der Waals surface area contributed by atoms with Gasteiger partial charge in [-0.2, -0.15) is 0 Å². The van der Waals surface area contributed by atoms with E-state index in [4.69, 9.17) is 0 Å². The zero-order valence-corrected chi connectivity index (χ0v) is 10.4. The zero-order valence-electron chi connectivity index (χ0n) is 10.4. The number of hydrogen-bond donors (Lipinski definition) is 1. The minimum absolute atomic E-state index is 0.102. The monoisotopic (exact) mass is 239 g/mol. The van der Waals surface area contributed by atoms with Gasteiger partial charge in [0.15, 0.2) is 0 Å². The molecule has 0 aromatic heterocycles. The van der Waals surface area contributed by atoms with Gasteiger partial charge in [-0.25, -0.2) is 0 Å². The van der Waals surface area contributed by atoms with Crippen LogP contribution in [0.3, 0.4) is 0 Å². The molecule has 1 heterocycles. The predicted octanol–water partition coefficient (Wildman–Crippen LogP) is 2.68. The number of benzene rings is 2. The first-order valence-electron chi connectivity index (χ1n) is 6.67. The van der Waals surface area contributed by atoms with Gasteiger partial charge in [-0.05, 0) is 46.9 Å². The van der Waals surface area contributed by atoms with Crippen LogP contribution in [0.2, 0.25) is 0 Å². The molecule has 2 aromatic carbocycles. The molecule has 0 spiro atoms. The third kappa shape index (κ3) is 1.43. The van der Waals surface area contributed by atoms with Crippen LogP contribution in [-0.2, 0) is 13.1 Å². The van der Waals surface area contributed by atoms with Crippen molar-refractivity contribution in [1.29, 1.82) is 0 Å². The van der Waals surface area contributed by atoms with Gasteiger partial charge < -0.3 is 5.11 Å². The third-order valence-electron chi connectivity index (χ3n) is 4.58. The summed E-state index contributed by atoms with van der Waals surface area (Å²) in [6.45, 7) is 2.31. The molecule has 2 heteroatoms. The van der Waals surface area contributed by atoms with Gasteiger partial charge in [-0.1, -0.05) is 24.3 Å². The molecule has 0 radical (unpaired) electrons. The molecule has 1 saturated carbocycles. The van der Waals surface area contributed by atoms with E-state index in [2.05, 4.69) is 41.3 Å². The molecule has 1 fully saturated rings. The van der Waals surface area contributed by atoms with Gasteiger partial charge in [-0.15, -0.1) is 0 Å². The van der Waals surface area contributed by atoms with Crippen LogP contribution in [0.25, 0.3) is 10.8 Å². The van der Waals surface area contributed by atoms with E-state index >= 15 is 0 Å². The number of hydrogen-bond acceptors (Lipinski definition) is 2. The first-order valence-corrected chi connectivity index (χ1v) is 6.67. The first kappa shape index (κ1) is 10.5. The molecular formula is C16H17NO. The maximum atomic E-state index is 9.54. The van der Waals surface area contributed by atoms with E-state index in [1.54, 1.807) is 0 Å². The highest BCUT2D eigenvalue weighted by Gasteiger charge is 2.48. The number of aliphatic hydroxyl groups is 1. The van der Waals surface area contributed by atoms with Crippen LogP contribution in [0.5, 0.6) is 0 Å². The molecule has 0 unspecified atom stereocenters. The maximum absolute atomic E-state index is 9.54. The van der Waals surface area contributed by atoms with Gasteiger partial charge in [-0.3, -0.25) is 4.90 Å². The molecule has 2 aromatic rings. The van der Waals surface area contributed by atoms with Crippen molar-refractivity contribution in [3.05, 3.63) is 47.5 Å². The van der Waals surface area contributed by atoms with E-state index in [-0.39, 0.29) is 5.54 Å². The molecule has 0 saturated heterocycles. The minimum atomic E-state index is 0.102. The van der Waals surface area contributed by atoms with Gasteiger partial charge in [0, 0.05) is 18.6 Å². The van der Waals surface area contributed by atoms with E-state index in [1.807, 2.05) is 0 Å². The zero-order chi connectivity index (χ0) is 12.2. The van der Waals surface area contributed by atoms with E-state index in [1.165, 1.54) is 21.9 Å². The van der Waals surface area contributed by atoms with E-state index in [0.29, 0.717) is 6.61 Å². The second kappa shape index (κ2) is 3.56. The molecule has 0 bridgehead atoms. The fourth-order valence-electron chi connectivity index (χ4n) is 3.15. The summed E-state index contributed by atoms with van der Waals surface area (Å²) < 4.78 is 0.